The summed E-state index contributed by atoms with van der Waals surface area (Å²) in [5.41, 5.74) is 0.897. The Labute approximate surface area is 130 Å². The Morgan fingerprint density at radius 2 is 2.29 bits per heavy atom. The molecule has 0 bridgehead atoms. The van der Waals surface area contributed by atoms with Gasteiger partial charge in [0.25, 0.3) is 5.56 Å². The van der Waals surface area contributed by atoms with Crippen LogP contribution >= 0.6 is 22.7 Å². The maximum absolute atomic E-state index is 12.1. The minimum absolute atomic E-state index is 0.0168. The molecule has 4 rings (SSSR count). The van der Waals surface area contributed by atoms with Gasteiger partial charge in [0.2, 0.25) is 0 Å². The Morgan fingerprint density at radius 3 is 3.14 bits per heavy atom. The van der Waals surface area contributed by atoms with Gasteiger partial charge in [0.15, 0.2) is 4.96 Å². The zero-order valence-corrected chi connectivity index (χ0v) is 13.1. The molecule has 4 nitrogen and oxygen atoms in total. The number of thiophene rings is 1. The number of rotatable bonds is 3. The summed E-state index contributed by atoms with van der Waals surface area (Å²) in [5, 5.41) is 4.03. The van der Waals surface area contributed by atoms with Gasteiger partial charge in [0.1, 0.15) is 0 Å². The molecule has 4 heterocycles. The summed E-state index contributed by atoms with van der Waals surface area (Å²) >= 11 is 3.32. The first-order valence-corrected chi connectivity index (χ1v) is 8.80. The lowest BCUT2D eigenvalue weighted by Gasteiger charge is -2.23. The summed E-state index contributed by atoms with van der Waals surface area (Å²) in [7, 11) is 0. The molecule has 0 N–H and O–H groups in total. The quantitative estimate of drug-likeness (QED) is 0.745. The highest BCUT2D eigenvalue weighted by Crippen LogP contribution is 2.35. The standard InChI is InChI=1S/C15H15N3OS2/c19-14-9-11(16-15-18(14)6-8-21-15)10-17-5-1-3-12(17)13-4-2-7-20-13/h2,4,6-9,12H,1,3,5,10H2/t12-/m1/s1. The number of likely N-dealkylation sites (tertiary alicyclic amines) is 1. The van der Waals surface area contributed by atoms with Crippen LogP contribution in [0.15, 0.2) is 40.0 Å². The highest BCUT2D eigenvalue weighted by atomic mass is 32.1. The first-order chi connectivity index (χ1) is 10.3. The number of nitrogens with zero attached hydrogens (tertiary/aromatic N) is 3. The van der Waals surface area contributed by atoms with Crippen LogP contribution in [0.2, 0.25) is 0 Å². The van der Waals surface area contributed by atoms with Crippen LogP contribution in [-0.4, -0.2) is 20.8 Å². The molecular formula is C15H15N3OS2. The third kappa shape index (κ3) is 2.43. The van der Waals surface area contributed by atoms with Crippen LogP contribution in [0.3, 0.4) is 0 Å². The van der Waals surface area contributed by atoms with Gasteiger partial charge < -0.3 is 0 Å². The zero-order valence-electron chi connectivity index (χ0n) is 11.4. The van der Waals surface area contributed by atoms with Gasteiger partial charge >= 0.3 is 0 Å². The van der Waals surface area contributed by atoms with E-state index in [0.717, 1.165) is 23.7 Å². The van der Waals surface area contributed by atoms with Crippen molar-refractivity contribution in [2.45, 2.75) is 25.4 Å². The predicted octanol–water partition coefficient (Wildman–Crippen LogP) is 3.15. The van der Waals surface area contributed by atoms with E-state index in [4.69, 9.17) is 0 Å². The number of fused-ring (bicyclic) bond motifs is 1. The zero-order chi connectivity index (χ0) is 14.2. The monoisotopic (exact) mass is 317 g/mol. The largest absolute Gasteiger partial charge is 0.290 e. The summed E-state index contributed by atoms with van der Waals surface area (Å²) in [4.78, 5) is 21.3. The third-order valence-electron chi connectivity index (χ3n) is 3.96. The fourth-order valence-electron chi connectivity index (χ4n) is 3.00. The van der Waals surface area contributed by atoms with Crippen molar-refractivity contribution in [1.82, 2.24) is 14.3 Å². The summed E-state index contributed by atoms with van der Waals surface area (Å²) < 4.78 is 1.61. The summed E-state index contributed by atoms with van der Waals surface area (Å²) in [6.07, 6.45) is 4.19. The van der Waals surface area contributed by atoms with Crippen molar-refractivity contribution in [3.63, 3.8) is 0 Å². The molecule has 0 aliphatic carbocycles. The molecule has 0 unspecified atom stereocenters. The average molecular weight is 317 g/mol. The van der Waals surface area contributed by atoms with Crippen LogP contribution in [0.1, 0.15) is 29.5 Å². The first kappa shape index (κ1) is 13.2. The lowest BCUT2D eigenvalue weighted by molar-refractivity contribution is 0.248. The molecule has 1 fully saturated rings. The van der Waals surface area contributed by atoms with E-state index >= 15 is 0 Å². The number of thiazole rings is 1. The fraction of sp³-hybridized carbons (Fsp3) is 0.333. The average Bonchev–Trinajstić information content (AvgIpc) is 3.19. The molecule has 0 aromatic carbocycles. The minimum Gasteiger partial charge on any atom is -0.290 e. The third-order valence-corrected chi connectivity index (χ3v) is 5.69. The minimum atomic E-state index is 0.0168. The molecule has 108 valence electrons. The lowest BCUT2D eigenvalue weighted by Crippen LogP contribution is -2.24. The van der Waals surface area contributed by atoms with Gasteiger partial charge in [-0.2, -0.15) is 0 Å². The summed E-state index contributed by atoms with van der Waals surface area (Å²) in [6.45, 7) is 1.83. The molecule has 6 heteroatoms. The Hall–Kier alpha value is -1.50. The van der Waals surface area contributed by atoms with Gasteiger partial charge in [-0.1, -0.05) is 6.07 Å². The topological polar surface area (TPSA) is 37.6 Å². The summed E-state index contributed by atoms with van der Waals surface area (Å²) in [5.74, 6) is 0. The second-order valence-electron chi connectivity index (χ2n) is 5.29. The highest BCUT2D eigenvalue weighted by Gasteiger charge is 2.27. The smallest absolute Gasteiger partial charge is 0.258 e. The lowest BCUT2D eigenvalue weighted by atomic mass is 10.2. The Morgan fingerprint density at radius 1 is 1.33 bits per heavy atom. The van der Waals surface area contributed by atoms with Crippen LogP contribution in [0.25, 0.3) is 4.96 Å². The number of aromatic nitrogens is 2. The van der Waals surface area contributed by atoms with Crippen LogP contribution in [-0.2, 0) is 6.54 Å². The van der Waals surface area contributed by atoms with Crippen molar-refractivity contribution in [3.05, 3.63) is 56.1 Å². The second kappa shape index (κ2) is 5.36. The Bertz CT molecular complexity index is 806. The van der Waals surface area contributed by atoms with Gasteiger partial charge in [-0.15, -0.1) is 22.7 Å². The van der Waals surface area contributed by atoms with Gasteiger partial charge in [-0.25, -0.2) is 4.98 Å². The van der Waals surface area contributed by atoms with Gasteiger partial charge in [0.05, 0.1) is 5.69 Å². The van der Waals surface area contributed by atoms with E-state index < -0.39 is 0 Å². The van der Waals surface area contributed by atoms with Crippen LogP contribution in [0.5, 0.6) is 0 Å². The predicted molar refractivity (Wildman–Crippen MR) is 86.0 cm³/mol. The van der Waals surface area contributed by atoms with E-state index in [2.05, 4.69) is 27.4 Å². The molecule has 1 atom stereocenters. The maximum atomic E-state index is 12.1. The van der Waals surface area contributed by atoms with E-state index in [-0.39, 0.29) is 5.56 Å². The number of hydrogen-bond acceptors (Lipinski definition) is 5. The van der Waals surface area contributed by atoms with Gasteiger partial charge in [-0.05, 0) is 30.8 Å². The van der Waals surface area contributed by atoms with Crippen molar-refractivity contribution in [3.8, 4) is 0 Å². The van der Waals surface area contributed by atoms with Crippen molar-refractivity contribution in [2.24, 2.45) is 0 Å². The molecule has 0 amide bonds. The molecule has 1 aliphatic heterocycles. The molecule has 0 saturated carbocycles. The fourth-order valence-corrected chi connectivity index (χ4v) is 4.63. The van der Waals surface area contributed by atoms with Crippen molar-refractivity contribution in [1.29, 1.82) is 0 Å². The van der Waals surface area contributed by atoms with E-state index in [1.807, 2.05) is 16.7 Å². The molecule has 0 radical (unpaired) electrons. The highest BCUT2D eigenvalue weighted by molar-refractivity contribution is 7.15. The second-order valence-corrected chi connectivity index (χ2v) is 7.14. The molecule has 0 spiro atoms. The van der Waals surface area contributed by atoms with Crippen LogP contribution in [0.4, 0.5) is 0 Å². The molecule has 3 aromatic rings. The van der Waals surface area contributed by atoms with Crippen LogP contribution in [0, 0.1) is 0 Å². The normalized spacial score (nSPS) is 19.5. The first-order valence-electron chi connectivity index (χ1n) is 7.04. The Kier molecular flexibility index (Phi) is 3.37. The van der Waals surface area contributed by atoms with Crippen molar-refractivity contribution >= 4 is 27.6 Å². The van der Waals surface area contributed by atoms with E-state index in [1.165, 1.54) is 29.1 Å². The Balaban J connectivity index is 1.63. The molecule has 1 aliphatic rings. The van der Waals surface area contributed by atoms with Crippen molar-refractivity contribution < 1.29 is 0 Å². The van der Waals surface area contributed by atoms with E-state index in [1.54, 1.807) is 16.7 Å². The SMILES string of the molecule is O=c1cc(CN2CCC[C@@H]2c2cccs2)nc2sccn12. The van der Waals surface area contributed by atoms with E-state index in [9.17, 15) is 4.79 Å². The molecular weight excluding hydrogens is 302 g/mol. The maximum Gasteiger partial charge on any atom is 0.258 e. The van der Waals surface area contributed by atoms with E-state index in [0.29, 0.717) is 6.04 Å². The van der Waals surface area contributed by atoms with Gasteiger partial charge in [0, 0.05) is 35.1 Å². The summed E-state index contributed by atoms with van der Waals surface area (Å²) in [6, 6.07) is 6.47. The molecule has 21 heavy (non-hydrogen) atoms. The van der Waals surface area contributed by atoms with Crippen molar-refractivity contribution in [2.75, 3.05) is 6.54 Å². The van der Waals surface area contributed by atoms with Gasteiger partial charge in [-0.3, -0.25) is 14.1 Å². The molecule has 3 aromatic heterocycles. The van der Waals surface area contributed by atoms with Crippen LogP contribution < -0.4 is 5.56 Å². The molecule has 1 saturated heterocycles. The number of hydrogen-bond donors (Lipinski definition) is 0.